The van der Waals surface area contributed by atoms with Crippen molar-refractivity contribution in [1.82, 2.24) is 19.5 Å². The predicted octanol–water partition coefficient (Wildman–Crippen LogP) is 1.24. The minimum atomic E-state index is -0.232. The summed E-state index contributed by atoms with van der Waals surface area (Å²) >= 11 is 0. The van der Waals surface area contributed by atoms with Gasteiger partial charge in [-0.25, -0.2) is 0 Å². The molecule has 5 rings (SSSR count). The number of aromatic nitrogens is 1. The van der Waals surface area contributed by atoms with E-state index in [4.69, 9.17) is 4.74 Å². The SMILES string of the molecule is CN(C)CC(=O)NC[C@H]1[C@H]2CN(C(=O)c3ccc4ccccn34)C[C@]23CC[C@H]1O3. The van der Waals surface area contributed by atoms with E-state index in [-0.39, 0.29) is 35.4 Å². The van der Waals surface area contributed by atoms with Gasteiger partial charge in [0.15, 0.2) is 0 Å². The summed E-state index contributed by atoms with van der Waals surface area (Å²) in [4.78, 5) is 29.2. The molecule has 7 heteroatoms. The molecule has 0 unspecified atom stereocenters. The van der Waals surface area contributed by atoms with E-state index < -0.39 is 0 Å². The van der Waals surface area contributed by atoms with Gasteiger partial charge in [-0.3, -0.25) is 9.59 Å². The van der Waals surface area contributed by atoms with Crippen LogP contribution in [0, 0.1) is 11.8 Å². The van der Waals surface area contributed by atoms with Gasteiger partial charge in [0, 0.05) is 36.6 Å². The Labute approximate surface area is 170 Å². The third kappa shape index (κ3) is 3.04. The van der Waals surface area contributed by atoms with E-state index in [1.165, 1.54) is 0 Å². The maximum Gasteiger partial charge on any atom is 0.270 e. The molecule has 3 fully saturated rings. The first-order valence-electron chi connectivity index (χ1n) is 10.4. The predicted molar refractivity (Wildman–Crippen MR) is 109 cm³/mol. The zero-order chi connectivity index (χ0) is 20.2. The van der Waals surface area contributed by atoms with Crippen molar-refractivity contribution in [2.24, 2.45) is 11.8 Å². The molecule has 2 aromatic rings. The lowest BCUT2D eigenvalue weighted by Crippen LogP contribution is -2.43. The van der Waals surface area contributed by atoms with Crippen LogP contribution < -0.4 is 5.32 Å². The van der Waals surface area contributed by atoms with Crippen LogP contribution in [-0.4, -0.2) is 78.0 Å². The molecule has 3 saturated heterocycles. The highest BCUT2D eigenvalue weighted by Gasteiger charge is 2.63. The van der Waals surface area contributed by atoms with E-state index in [1.54, 1.807) is 0 Å². The molecular formula is C22H28N4O3. The van der Waals surface area contributed by atoms with Crippen molar-refractivity contribution in [2.45, 2.75) is 24.5 Å². The normalized spacial score (nSPS) is 30.3. The Balaban J connectivity index is 1.31. The number of hydrogen-bond acceptors (Lipinski definition) is 4. The minimum absolute atomic E-state index is 0.0393. The van der Waals surface area contributed by atoms with Gasteiger partial charge in [0.05, 0.1) is 24.8 Å². The minimum Gasteiger partial charge on any atom is -0.369 e. The van der Waals surface area contributed by atoms with E-state index in [0.717, 1.165) is 18.4 Å². The van der Waals surface area contributed by atoms with Crippen molar-refractivity contribution in [3.63, 3.8) is 0 Å². The number of nitrogens with one attached hydrogen (secondary N) is 1. The summed E-state index contributed by atoms with van der Waals surface area (Å²) in [6.45, 7) is 2.36. The number of carbonyl (C=O) groups is 2. The average Bonchev–Trinajstić information content (AvgIpc) is 3.43. The fourth-order valence-corrected chi connectivity index (χ4v) is 5.59. The molecule has 2 amide bonds. The first kappa shape index (κ1) is 18.6. The Morgan fingerprint density at radius 3 is 2.97 bits per heavy atom. The molecule has 0 radical (unpaired) electrons. The Hall–Kier alpha value is -2.38. The third-order valence-electron chi connectivity index (χ3n) is 6.85. The van der Waals surface area contributed by atoms with Gasteiger partial charge >= 0.3 is 0 Å². The van der Waals surface area contributed by atoms with Crippen LogP contribution in [-0.2, 0) is 9.53 Å². The molecule has 1 spiro atoms. The van der Waals surface area contributed by atoms with Crippen molar-refractivity contribution in [2.75, 3.05) is 40.3 Å². The van der Waals surface area contributed by atoms with Crippen LogP contribution in [0.25, 0.3) is 5.52 Å². The van der Waals surface area contributed by atoms with Gasteiger partial charge in [-0.1, -0.05) is 6.07 Å². The van der Waals surface area contributed by atoms with Crippen molar-refractivity contribution >= 4 is 17.3 Å². The molecule has 4 atom stereocenters. The highest BCUT2D eigenvalue weighted by molar-refractivity contribution is 5.94. The van der Waals surface area contributed by atoms with Gasteiger partial charge in [0.2, 0.25) is 5.91 Å². The van der Waals surface area contributed by atoms with Gasteiger partial charge < -0.3 is 24.3 Å². The number of fused-ring (bicyclic) bond motifs is 2. The maximum absolute atomic E-state index is 13.3. The zero-order valence-electron chi connectivity index (χ0n) is 17.0. The number of rotatable bonds is 5. The number of likely N-dealkylation sites (tertiary alicyclic amines) is 1. The maximum atomic E-state index is 13.3. The van der Waals surface area contributed by atoms with Gasteiger partial charge in [-0.05, 0) is 51.2 Å². The molecule has 154 valence electrons. The lowest BCUT2D eigenvalue weighted by atomic mass is 9.73. The Morgan fingerprint density at radius 1 is 1.28 bits per heavy atom. The first-order valence-corrected chi connectivity index (χ1v) is 10.4. The molecule has 5 heterocycles. The number of amides is 2. The molecule has 3 aliphatic heterocycles. The van der Waals surface area contributed by atoms with Gasteiger partial charge in [-0.2, -0.15) is 0 Å². The second kappa shape index (κ2) is 6.85. The third-order valence-corrected chi connectivity index (χ3v) is 6.85. The average molecular weight is 396 g/mol. The monoisotopic (exact) mass is 396 g/mol. The lowest BCUT2D eigenvalue weighted by Gasteiger charge is -2.29. The smallest absolute Gasteiger partial charge is 0.270 e. The van der Waals surface area contributed by atoms with Crippen molar-refractivity contribution < 1.29 is 14.3 Å². The Bertz CT molecular complexity index is 954. The zero-order valence-corrected chi connectivity index (χ0v) is 17.0. The molecule has 3 aliphatic rings. The van der Waals surface area contributed by atoms with Crippen LogP contribution >= 0.6 is 0 Å². The van der Waals surface area contributed by atoms with Crippen LogP contribution in [0.2, 0.25) is 0 Å². The Morgan fingerprint density at radius 2 is 2.14 bits per heavy atom. The largest absolute Gasteiger partial charge is 0.369 e. The van der Waals surface area contributed by atoms with E-state index in [9.17, 15) is 9.59 Å². The van der Waals surface area contributed by atoms with Crippen LogP contribution in [0.15, 0.2) is 36.5 Å². The topological polar surface area (TPSA) is 66.3 Å². The highest BCUT2D eigenvalue weighted by Crippen LogP contribution is 2.54. The lowest BCUT2D eigenvalue weighted by molar-refractivity contribution is -0.122. The molecule has 29 heavy (non-hydrogen) atoms. The first-order chi connectivity index (χ1) is 14.0. The number of nitrogens with zero attached hydrogens (tertiary/aromatic N) is 3. The van der Waals surface area contributed by atoms with E-state index in [2.05, 4.69) is 5.32 Å². The van der Waals surface area contributed by atoms with Gasteiger partial charge in [-0.15, -0.1) is 0 Å². The molecule has 7 nitrogen and oxygen atoms in total. The quantitative estimate of drug-likeness (QED) is 0.826. The standard InChI is InChI=1S/C22H28N4O3/c1-24(2)13-20(27)23-11-16-17-12-25(14-22(17)9-8-19(16)29-22)21(28)18-7-6-15-5-3-4-10-26(15)18/h3-7,10,16-17,19H,8-9,11-14H2,1-2H3,(H,23,27)/t16-,17+,19+,22+/m0/s1. The molecule has 0 aliphatic carbocycles. The fourth-order valence-electron chi connectivity index (χ4n) is 5.59. The number of ether oxygens (including phenoxy) is 1. The molecule has 0 saturated carbocycles. The van der Waals surface area contributed by atoms with E-state index in [1.807, 2.05) is 64.8 Å². The summed E-state index contributed by atoms with van der Waals surface area (Å²) < 4.78 is 8.38. The fraction of sp³-hybridized carbons (Fsp3) is 0.545. The van der Waals surface area contributed by atoms with E-state index >= 15 is 0 Å². The second-order valence-electron chi connectivity index (χ2n) is 8.97. The summed E-state index contributed by atoms with van der Waals surface area (Å²) in [6, 6.07) is 9.81. The van der Waals surface area contributed by atoms with Gasteiger partial charge in [0.1, 0.15) is 5.69 Å². The number of pyridine rings is 1. The molecule has 2 bridgehead atoms. The highest BCUT2D eigenvalue weighted by atomic mass is 16.5. The number of hydrogen-bond donors (Lipinski definition) is 1. The second-order valence-corrected chi connectivity index (χ2v) is 8.97. The van der Waals surface area contributed by atoms with Crippen molar-refractivity contribution in [1.29, 1.82) is 0 Å². The summed E-state index contributed by atoms with van der Waals surface area (Å²) in [5, 5.41) is 3.08. The summed E-state index contributed by atoms with van der Waals surface area (Å²) in [5.41, 5.74) is 1.49. The van der Waals surface area contributed by atoms with Crippen molar-refractivity contribution in [3.8, 4) is 0 Å². The molecule has 1 N–H and O–H groups in total. The number of carbonyl (C=O) groups excluding carboxylic acids is 2. The van der Waals surface area contributed by atoms with Crippen LogP contribution in [0.4, 0.5) is 0 Å². The molecule has 2 aromatic heterocycles. The van der Waals surface area contributed by atoms with Crippen molar-refractivity contribution in [3.05, 3.63) is 42.2 Å². The molecule has 0 aromatic carbocycles. The van der Waals surface area contributed by atoms with E-state index in [0.29, 0.717) is 31.9 Å². The van der Waals surface area contributed by atoms with Crippen LogP contribution in [0.5, 0.6) is 0 Å². The number of likely N-dealkylation sites (N-methyl/N-ethyl adjacent to an activating group) is 1. The Kier molecular flexibility index (Phi) is 4.40. The van der Waals surface area contributed by atoms with Gasteiger partial charge in [0.25, 0.3) is 5.91 Å². The summed E-state index contributed by atoms with van der Waals surface area (Å²) in [5.74, 6) is 0.660. The summed E-state index contributed by atoms with van der Waals surface area (Å²) in [6.07, 6.45) is 4.15. The van der Waals surface area contributed by atoms with Crippen LogP contribution in [0.3, 0.4) is 0 Å². The van der Waals surface area contributed by atoms with Crippen LogP contribution in [0.1, 0.15) is 23.3 Å². The summed E-state index contributed by atoms with van der Waals surface area (Å²) in [7, 11) is 3.78. The molecular weight excluding hydrogens is 368 g/mol.